The molecule has 1 aromatic rings. The second-order valence-corrected chi connectivity index (χ2v) is 4.04. The van der Waals surface area contributed by atoms with E-state index in [1.54, 1.807) is 0 Å². The van der Waals surface area contributed by atoms with Crippen molar-refractivity contribution in [2.75, 3.05) is 18.0 Å². The minimum atomic E-state index is 0.381. The molecule has 1 saturated heterocycles. The molecular weight excluding hydrogens is 182 g/mol. The SMILES string of the molecule is ClC1CCN(c2cc[c]cc2)CC1. The van der Waals surface area contributed by atoms with E-state index in [1.807, 2.05) is 12.1 Å². The zero-order valence-electron chi connectivity index (χ0n) is 7.54. The van der Waals surface area contributed by atoms with E-state index in [-0.39, 0.29) is 0 Å². The van der Waals surface area contributed by atoms with Crippen LogP contribution in [0.4, 0.5) is 5.69 Å². The molecule has 0 spiro atoms. The van der Waals surface area contributed by atoms with Gasteiger partial charge in [-0.3, -0.25) is 0 Å². The van der Waals surface area contributed by atoms with Gasteiger partial charge in [0.05, 0.1) is 0 Å². The molecule has 69 valence electrons. The van der Waals surface area contributed by atoms with Gasteiger partial charge in [0, 0.05) is 24.2 Å². The van der Waals surface area contributed by atoms with Crippen molar-refractivity contribution in [1.82, 2.24) is 0 Å². The van der Waals surface area contributed by atoms with Crippen LogP contribution in [0.1, 0.15) is 12.8 Å². The Morgan fingerprint density at radius 2 is 1.85 bits per heavy atom. The first-order valence-electron chi connectivity index (χ1n) is 4.71. The van der Waals surface area contributed by atoms with Crippen molar-refractivity contribution >= 4 is 17.3 Å². The van der Waals surface area contributed by atoms with E-state index in [1.165, 1.54) is 5.69 Å². The quantitative estimate of drug-likeness (QED) is 0.622. The van der Waals surface area contributed by atoms with Crippen LogP contribution in [0.5, 0.6) is 0 Å². The Morgan fingerprint density at radius 3 is 2.46 bits per heavy atom. The Bertz CT molecular complexity index is 252. The number of rotatable bonds is 1. The van der Waals surface area contributed by atoms with E-state index in [4.69, 9.17) is 11.6 Å². The number of anilines is 1. The molecule has 1 fully saturated rings. The molecule has 1 radical (unpaired) electrons. The highest BCUT2D eigenvalue weighted by Gasteiger charge is 2.16. The van der Waals surface area contributed by atoms with Gasteiger partial charge in [0.1, 0.15) is 0 Å². The van der Waals surface area contributed by atoms with Gasteiger partial charge in [-0.2, -0.15) is 0 Å². The average molecular weight is 195 g/mol. The summed E-state index contributed by atoms with van der Waals surface area (Å²) < 4.78 is 0. The summed E-state index contributed by atoms with van der Waals surface area (Å²) >= 11 is 6.04. The van der Waals surface area contributed by atoms with Crippen LogP contribution in [-0.4, -0.2) is 18.5 Å². The minimum Gasteiger partial charge on any atom is -0.371 e. The highest BCUT2D eigenvalue weighted by atomic mass is 35.5. The predicted molar refractivity (Wildman–Crippen MR) is 56.4 cm³/mol. The van der Waals surface area contributed by atoms with Gasteiger partial charge in [0.25, 0.3) is 0 Å². The zero-order valence-corrected chi connectivity index (χ0v) is 8.30. The molecule has 2 rings (SSSR count). The van der Waals surface area contributed by atoms with Crippen LogP contribution in [-0.2, 0) is 0 Å². The smallest absolute Gasteiger partial charge is 0.0369 e. The summed E-state index contributed by atoms with van der Waals surface area (Å²) in [5, 5.41) is 0.381. The predicted octanol–water partition coefficient (Wildman–Crippen LogP) is 2.69. The van der Waals surface area contributed by atoms with Crippen LogP contribution in [0, 0.1) is 6.07 Å². The topological polar surface area (TPSA) is 3.24 Å². The third-order valence-corrected chi connectivity index (χ3v) is 2.93. The molecule has 0 N–H and O–H groups in total. The largest absolute Gasteiger partial charge is 0.371 e. The fourth-order valence-electron chi connectivity index (χ4n) is 1.70. The Labute approximate surface area is 84.3 Å². The standard InChI is InChI=1S/C11H13ClN/c12-10-6-8-13(9-7-10)11-4-2-1-3-5-11/h2-5,10H,6-9H2. The van der Waals surface area contributed by atoms with Crippen molar-refractivity contribution in [3.63, 3.8) is 0 Å². The highest BCUT2D eigenvalue weighted by Crippen LogP contribution is 2.21. The normalized spacial score (nSPS) is 19.0. The number of benzene rings is 1. The molecule has 13 heavy (non-hydrogen) atoms. The van der Waals surface area contributed by atoms with Gasteiger partial charge in [0.15, 0.2) is 0 Å². The number of halogens is 1. The van der Waals surface area contributed by atoms with Gasteiger partial charge in [-0.1, -0.05) is 12.1 Å². The van der Waals surface area contributed by atoms with Gasteiger partial charge >= 0.3 is 0 Å². The molecule has 2 heteroatoms. The van der Waals surface area contributed by atoms with Gasteiger partial charge in [-0.25, -0.2) is 0 Å². The summed E-state index contributed by atoms with van der Waals surface area (Å²) in [4.78, 5) is 2.38. The van der Waals surface area contributed by atoms with Crippen molar-refractivity contribution in [2.24, 2.45) is 0 Å². The molecule has 1 nitrogen and oxygen atoms in total. The lowest BCUT2D eigenvalue weighted by Gasteiger charge is -2.31. The molecule has 0 aromatic heterocycles. The molecular formula is C11H13ClN. The fourth-order valence-corrected chi connectivity index (χ4v) is 1.89. The van der Waals surface area contributed by atoms with Crippen molar-refractivity contribution in [1.29, 1.82) is 0 Å². The first-order valence-corrected chi connectivity index (χ1v) is 5.15. The third kappa shape index (κ3) is 2.16. The number of piperidine rings is 1. The maximum absolute atomic E-state index is 6.04. The van der Waals surface area contributed by atoms with Crippen LogP contribution in [0.15, 0.2) is 24.3 Å². The lowest BCUT2D eigenvalue weighted by molar-refractivity contribution is 0.585. The van der Waals surface area contributed by atoms with Gasteiger partial charge in [-0.05, 0) is 31.0 Å². The van der Waals surface area contributed by atoms with E-state index in [9.17, 15) is 0 Å². The fraction of sp³-hybridized carbons (Fsp3) is 0.455. The van der Waals surface area contributed by atoms with Gasteiger partial charge in [0.2, 0.25) is 0 Å². The monoisotopic (exact) mass is 194 g/mol. The molecule has 1 aliphatic rings. The molecule has 0 amide bonds. The van der Waals surface area contributed by atoms with Crippen LogP contribution < -0.4 is 4.90 Å². The minimum absolute atomic E-state index is 0.381. The van der Waals surface area contributed by atoms with Crippen molar-refractivity contribution in [3.05, 3.63) is 30.3 Å². The molecule has 1 aromatic carbocycles. The van der Waals surface area contributed by atoms with E-state index in [2.05, 4.69) is 23.1 Å². The van der Waals surface area contributed by atoms with Crippen LogP contribution >= 0.6 is 11.6 Å². The van der Waals surface area contributed by atoms with E-state index >= 15 is 0 Å². The Hall–Kier alpha value is -0.690. The summed E-state index contributed by atoms with van der Waals surface area (Å²) in [6.45, 7) is 2.16. The summed E-state index contributed by atoms with van der Waals surface area (Å²) in [6.07, 6.45) is 2.19. The number of alkyl halides is 1. The van der Waals surface area contributed by atoms with Gasteiger partial charge in [-0.15, -0.1) is 11.6 Å². The first kappa shape index (κ1) is 8.89. The lowest BCUT2D eigenvalue weighted by Crippen LogP contribution is -2.33. The molecule has 0 atom stereocenters. The highest BCUT2D eigenvalue weighted by molar-refractivity contribution is 6.20. The van der Waals surface area contributed by atoms with Gasteiger partial charge < -0.3 is 4.90 Å². The van der Waals surface area contributed by atoms with Crippen LogP contribution in [0.3, 0.4) is 0 Å². The molecule has 1 heterocycles. The molecule has 0 saturated carbocycles. The number of hydrogen-bond donors (Lipinski definition) is 0. The van der Waals surface area contributed by atoms with Crippen molar-refractivity contribution < 1.29 is 0 Å². The summed E-state index contributed by atoms with van der Waals surface area (Å²) in [5.41, 5.74) is 1.29. The second kappa shape index (κ2) is 4.01. The average Bonchev–Trinajstić information content (AvgIpc) is 2.20. The number of hydrogen-bond acceptors (Lipinski definition) is 1. The molecule has 0 bridgehead atoms. The van der Waals surface area contributed by atoms with E-state index in [0.29, 0.717) is 5.38 Å². The van der Waals surface area contributed by atoms with E-state index < -0.39 is 0 Å². The lowest BCUT2D eigenvalue weighted by atomic mass is 10.1. The summed E-state index contributed by atoms with van der Waals surface area (Å²) in [6, 6.07) is 11.2. The zero-order chi connectivity index (χ0) is 9.10. The Kier molecular flexibility index (Phi) is 2.74. The molecule has 0 unspecified atom stereocenters. The maximum atomic E-state index is 6.04. The molecule has 0 aliphatic carbocycles. The van der Waals surface area contributed by atoms with E-state index in [0.717, 1.165) is 25.9 Å². The Balaban J connectivity index is 2.03. The maximum Gasteiger partial charge on any atom is 0.0369 e. The Morgan fingerprint density at radius 1 is 1.23 bits per heavy atom. The summed E-state index contributed by atoms with van der Waals surface area (Å²) in [7, 11) is 0. The first-order chi connectivity index (χ1) is 6.36. The summed E-state index contributed by atoms with van der Waals surface area (Å²) in [5.74, 6) is 0. The number of nitrogens with zero attached hydrogens (tertiary/aromatic N) is 1. The third-order valence-electron chi connectivity index (χ3n) is 2.49. The van der Waals surface area contributed by atoms with Crippen molar-refractivity contribution in [3.8, 4) is 0 Å². The van der Waals surface area contributed by atoms with Crippen LogP contribution in [0.2, 0.25) is 0 Å². The van der Waals surface area contributed by atoms with Crippen LogP contribution in [0.25, 0.3) is 0 Å². The van der Waals surface area contributed by atoms with Crippen molar-refractivity contribution in [2.45, 2.75) is 18.2 Å². The molecule has 1 aliphatic heterocycles. The second-order valence-electron chi connectivity index (χ2n) is 3.42.